The molecule has 31 heavy (non-hydrogen) atoms. The molecule has 2 N–H and O–H groups in total. The first-order valence-corrected chi connectivity index (χ1v) is 11.2. The van der Waals surface area contributed by atoms with Crippen LogP contribution in [0.2, 0.25) is 10.0 Å². The molecule has 1 heterocycles. The number of fused-ring (bicyclic) bond motifs is 1. The predicted octanol–water partition coefficient (Wildman–Crippen LogP) is 4.33. The molecule has 1 aromatic rings. The third-order valence-electron chi connectivity index (χ3n) is 5.56. The molecule has 0 amide bonds. The number of aliphatic imine (C=N–C) groups is 1. The van der Waals surface area contributed by atoms with Crippen molar-refractivity contribution in [3.05, 3.63) is 45.1 Å². The number of halogens is 2. The van der Waals surface area contributed by atoms with E-state index in [2.05, 4.69) is 0 Å². The second kappa shape index (κ2) is 9.82. The van der Waals surface area contributed by atoms with Crippen LogP contribution < -0.4 is 5.73 Å². The van der Waals surface area contributed by atoms with Crippen molar-refractivity contribution in [1.82, 2.24) is 0 Å². The summed E-state index contributed by atoms with van der Waals surface area (Å²) >= 11 is 13.1. The summed E-state index contributed by atoms with van der Waals surface area (Å²) in [5, 5.41) is 0.779. The van der Waals surface area contributed by atoms with Crippen LogP contribution in [0.4, 0.5) is 0 Å². The van der Waals surface area contributed by atoms with Gasteiger partial charge in [-0.15, -0.1) is 0 Å². The fraction of sp³-hybridized carbons (Fsp3) is 0.522. The molecule has 2 atom stereocenters. The zero-order valence-corrected chi connectivity index (χ0v) is 19.6. The number of ketones is 1. The molecule has 0 saturated heterocycles. The number of hydrogen-bond donors (Lipinski definition) is 1. The van der Waals surface area contributed by atoms with E-state index in [-0.39, 0.29) is 30.0 Å². The monoisotopic (exact) mass is 466 g/mol. The molecule has 0 aromatic heterocycles. The lowest BCUT2D eigenvalue weighted by molar-refractivity contribution is -0.139. The minimum Gasteiger partial charge on any atom is -0.463 e. The van der Waals surface area contributed by atoms with Gasteiger partial charge in [0.15, 0.2) is 0 Å². The Morgan fingerprint density at radius 1 is 1.23 bits per heavy atom. The topological polar surface area (TPSA) is 91.0 Å². The van der Waals surface area contributed by atoms with Crippen LogP contribution in [-0.4, -0.2) is 43.8 Å². The molecule has 1 aliphatic heterocycles. The second-order valence-electron chi connectivity index (χ2n) is 8.60. The molecular weight excluding hydrogens is 439 g/mol. The number of carbonyl (C=O) groups is 2. The van der Waals surface area contributed by atoms with Gasteiger partial charge in [-0.3, -0.25) is 9.79 Å². The molecule has 3 rings (SSSR count). The zero-order valence-electron chi connectivity index (χ0n) is 18.0. The van der Waals surface area contributed by atoms with Crippen LogP contribution in [0, 0.1) is 11.3 Å². The molecule has 0 spiro atoms. The first kappa shape index (κ1) is 23.9. The summed E-state index contributed by atoms with van der Waals surface area (Å²) in [6.45, 7) is 6.72. The molecule has 1 aliphatic carbocycles. The highest BCUT2D eigenvalue weighted by molar-refractivity contribution is 6.36. The van der Waals surface area contributed by atoms with E-state index in [9.17, 15) is 9.59 Å². The summed E-state index contributed by atoms with van der Waals surface area (Å²) < 4.78 is 11.0. The van der Waals surface area contributed by atoms with Crippen LogP contribution in [-0.2, 0) is 19.1 Å². The summed E-state index contributed by atoms with van der Waals surface area (Å²) in [6.07, 6.45) is 1.00. The molecule has 2 unspecified atom stereocenters. The minimum absolute atomic E-state index is 0.0136. The van der Waals surface area contributed by atoms with E-state index in [0.717, 1.165) is 5.71 Å². The largest absolute Gasteiger partial charge is 0.463 e. The number of ether oxygens (including phenoxy) is 2. The Labute approximate surface area is 192 Å². The fourth-order valence-electron chi connectivity index (χ4n) is 4.43. The van der Waals surface area contributed by atoms with Crippen molar-refractivity contribution >= 4 is 40.7 Å². The van der Waals surface area contributed by atoms with Crippen molar-refractivity contribution in [1.29, 1.82) is 0 Å². The van der Waals surface area contributed by atoms with E-state index in [1.54, 1.807) is 25.1 Å². The number of hydrogen-bond acceptors (Lipinski definition) is 6. The number of nitrogens with zero attached hydrogens (tertiary/aromatic N) is 1. The molecule has 1 saturated carbocycles. The summed E-state index contributed by atoms with van der Waals surface area (Å²) in [5.41, 5.74) is 7.30. The number of nitrogens with two attached hydrogens (primary N) is 1. The maximum Gasteiger partial charge on any atom is 0.336 e. The smallest absolute Gasteiger partial charge is 0.336 e. The van der Waals surface area contributed by atoms with Gasteiger partial charge in [0.1, 0.15) is 5.78 Å². The van der Waals surface area contributed by atoms with Crippen molar-refractivity contribution < 1.29 is 19.1 Å². The Morgan fingerprint density at radius 3 is 2.52 bits per heavy atom. The van der Waals surface area contributed by atoms with Crippen molar-refractivity contribution in [2.24, 2.45) is 22.1 Å². The Hall–Kier alpha value is -1.73. The summed E-state index contributed by atoms with van der Waals surface area (Å²) in [7, 11) is 0. The molecule has 2 aliphatic rings. The number of carbonyl (C=O) groups excluding carboxylic acids is 2. The van der Waals surface area contributed by atoms with Crippen molar-refractivity contribution in [3.63, 3.8) is 0 Å². The lowest BCUT2D eigenvalue weighted by atomic mass is 9.63. The Kier molecular flexibility index (Phi) is 7.58. The highest BCUT2D eigenvalue weighted by Gasteiger charge is 2.49. The summed E-state index contributed by atoms with van der Waals surface area (Å²) in [6, 6.07) is 5.15. The molecule has 0 radical (unpaired) electrons. The summed E-state index contributed by atoms with van der Waals surface area (Å²) in [4.78, 5) is 31.2. The van der Waals surface area contributed by atoms with Crippen molar-refractivity contribution in [2.45, 2.75) is 39.5 Å². The third kappa shape index (κ3) is 5.03. The summed E-state index contributed by atoms with van der Waals surface area (Å²) in [5.74, 6) is -1.84. The first-order chi connectivity index (χ1) is 14.7. The van der Waals surface area contributed by atoms with Crippen LogP contribution in [0.25, 0.3) is 0 Å². The van der Waals surface area contributed by atoms with Crippen LogP contribution in [0.3, 0.4) is 0 Å². The van der Waals surface area contributed by atoms with E-state index in [1.807, 2.05) is 13.8 Å². The second-order valence-corrected chi connectivity index (χ2v) is 9.41. The average molecular weight is 467 g/mol. The molecule has 6 nitrogen and oxygen atoms in total. The molecule has 0 bridgehead atoms. The molecule has 8 heteroatoms. The van der Waals surface area contributed by atoms with Crippen LogP contribution in [0.5, 0.6) is 0 Å². The number of benzene rings is 1. The predicted molar refractivity (Wildman–Crippen MR) is 122 cm³/mol. The van der Waals surface area contributed by atoms with Gasteiger partial charge in [-0.1, -0.05) is 43.1 Å². The van der Waals surface area contributed by atoms with Gasteiger partial charge in [0.25, 0.3) is 0 Å². The lowest BCUT2D eigenvalue weighted by Gasteiger charge is -2.41. The highest BCUT2D eigenvalue weighted by Crippen LogP contribution is 2.50. The molecule has 1 fully saturated rings. The maximum atomic E-state index is 13.4. The van der Waals surface area contributed by atoms with Crippen molar-refractivity contribution in [3.8, 4) is 0 Å². The SMILES string of the molecule is CCOC(=O)C1=C(COCCN)N=C2CC(C)(C)CC(=O)C2C1c1c(Cl)cccc1Cl. The van der Waals surface area contributed by atoms with Crippen molar-refractivity contribution in [2.75, 3.05) is 26.4 Å². The Bertz CT molecular complexity index is 919. The van der Waals surface area contributed by atoms with E-state index >= 15 is 0 Å². The maximum absolute atomic E-state index is 13.4. The number of esters is 1. The van der Waals surface area contributed by atoms with Crippen LogP contribution in [0.1, 0.15) is 45.1 Å². The van der Waals surface area contributed by atoms with Gasteiger partial charge in [0.05, 0.1) is 37.0 Å². The highest BCUT2D eigenvalue weighted by atomic mass is 35.5. The van der Waals surface area contributed by atoms with E-state index in [4.69, 9.17) is 43.4 Å². The van der Waals surface area contributed by atoms with Gasteiger partial charge in [0.2, 0.25) is 0 Å². The standard InChI is InChI=1S/C23H28Cl2N2O4/c1-4-31-22(29)20-16(12-30-9-8-26)27-15-10-23(2,3)11-17(28)19(15)21(20)18-13(24)6-5-7-14(18)25/h5-7,19,21H,4,8-12,26H2,1-3H3. The quantitative estimate of drug-likeness (QED) is 0.476. The number of Topliss-reactive ketones (excluding diaryl/α,β-unsaturated/α-hetero) is 1. The van der Waals surface area contributed by atoms with Gasteiger partial charge >= 0.3 is 5.97 Å². The van der Waals surface area contributed by atoms with Crippen LogP contribution >= 0.6 is 23.2 Å². The fourth-order valence-corrected chi connectivity index (χ4v) is 5.06. The van der Waals surface area contributed by atoms with Crippen LogP contribution in [0.15, 0.2) is 34.5 Å². The van der Waals surface area contributed by atoms with E-state index in [0.29, 0.717) is 47.3 Å². The molecule has 168 valence electrons. The molecule has 1 aromatic carbocycles. The van der Waals surface area contributed by atoms with Gasteiger partial charge in [-0.05, 0) is 36.5 Å². The van der Waals surface area contributed by atoms with Gasteiger partial charge in [-0.25, -0.2) is 4.79 Å². The van der Waals surface area contributed by atoms with E-state index < -0.39 is 17.8 Å². The third-order valence-corrected chi connectivity index (χ3v) is 6.22. The minimum atomic E-state index is -0.687. The lowest BCUT2D eigenvalue weighted by Crippen LogP contribution is -2.44. The van der Waals surface area contributed by atoms with Gasteiger partial charge in [-0.2, -0.15) is 0 Å². The van der Waals surface area contributed by atoms with E-state index in [1.165, 1.54) is 0 Å². The van der Waals surface area contributed by atoms with Gasteiger partial charge < -0.3 is 15.2 Å². The number of rotatable bonds is 7. The Balaban J connectivity index is 2.25. The molecular formula is C23H28Cl2N2O4. The Morgan fingerprint density at radius 2 is 1.90 bits per heavy atom. The van der Waals surface area contributed by atoms with Gasteiger partial charge in [0, 0.05) is 34.6 Å². The average Bonchev–Trinajstić information content (AvgIpc) is 2.66. The first-order valence-electron chi connectivity index (χ1n) is 10.4. The normalized spacial score (nSPS) is 22.8. The zero-order chi connectivity index (χ0) is 22.8.